The van der Waals surface area contributed by atoms with Crippen LogP contribution in [0, 0.1) is 0 Å². The first-order valence-corrected chi connectivity index (χ1v) is 9.39. The van der Waals surface area contributed by atoms with Gasteiger partial charge < -0.3 is 19.9 Å². The molecular weight excluding hydrogens is 332 g/mol. The van der Waals surface area contributed by atoms with Gasteiger partial charge in [-0.3, -0.25) is 9.78 Å². The summed E-state index contributed by atoms with van der Waals surface area (Å²) in [6.45, 7) is 3.60. The average Bonchev–Trinajstić information content (AvgIpc) is 2.87. The van der Waals surface area contributed by atoms with E-state index in [9.17, 15) is 9.59 Å². The fourth-order valence-electron chi connectivity index (χ4n) is 3.02. The second-order valence-electron chi connectivity index (χ2n) is 6.55. The molecule has 7 heteroatoms. The number of urea groups is 1. The van der Waals surface area contributed by atoms with Crippen molar-refractivity contribution in [3.05, 3.63) is 30.1 Å². The molecule has 0 atom stereocenters. The summed E-state index contributed by atoms with van der Waals surface area (Å²) in [4.78, 5) is 32.2. The number of aromatic nitrogens is 1. The van der Waals surface area contributed by atoms with Gasteiger partial charge in [0.05, 0.1) is 6.61 Å². The van der Waals surface area contributed by atoms with Gasteiger partial charge in [0.15, 0.2) is 0 Å². The largest absolute Gasteiger partial charge is 0.383 e. The monoisotopic (exact) mass is 362 g/mol. The number of hydrogen-bond acceptors (Lipinski definition) is 4. The van der Waals surface area contributed by atoms with E-state index in [1.807, 2.05) is 17.0 Å². The SMILES string of the molecule is COCCN(Cc1cccnc1)C(=O)NCCCN1CCCCCC1=O. The molecule has 0 aliphatic carbocycles. The Labute approximate surface area is 155 Å². The summed E-state index contributed by atoms with van der Waals surface area (Å²) in [5.74, 6) is 0.243. The van der Waals surface area contributed by atoms with Crippen LogP contribution >= 0.6 is 0 Å². The molecule has 0 radical (unpaired) electrons. The molecule has 1 fully saturated rings. The third kappa shape index (κ3) is 7.00. The number of rotatable bonds is 9. The van der Waals surface area contributed by atoms with Gasteiger partial charge in [0.2, 0.25) is 5.91 Å². The Morgan fingerprint density at radius 3 is 3.04 bits per heavy atom. The molecule has 144 valence electrons. The lowest BCUT2D eigenvalue weighted by molar-refractivity contribution is -0.130. The van der Waals surface area contributed by atoms with Gasteiger partial charge in [-0.2, -0.15) is 0 Å². The summed E-state index contributed by atoms with van der Waals surface area (Å²) >= 11 is 0. The molecule has 1 aromatic heterocycles. The van der Waals surface area contributed by atoms with Crippen LogP contribution in [0.5, 0.6) is 0 Å². The van der Waals surface area contributed by atoms with E-state index in [4.69, 9.17) is 4.74 Å². The second kappa shape index (κ2) is 11.5. The number of nitrogens with one attached hydrogen (secondary N) is 1. The highest BCUT2D eigenvalue weighted by Gasteiger charge is 2.17. The molecule has 7 nitrogen and oxygen atoms in total. The molecule has 26 heavy (non-hydrogen) atoms. The van der Waals surface area contributed by atoms with Crippen LogP contribution in [-0.4, -0.2) is 66.6 Å². The first kappa shape index (κ1) is 20.2. The van der Waals surface area contributed by atoms with Gasteiger partial charge in [0.1, 0.15) is 0 Å². The molecule has 0 spiro atoms. The van der Waals surface area contributed by atoms with Crippen molar-refractivity contribution in [2.75, 3.05) is 39.9 Å². The van der Waals surface area contributed by atoms with Crippen molar-refractivity contribution in [1.29, 1.82) is 0 Å². The molecule has 1 N–H and O–H groups in total. The number of carbonyl (C=O) groups is 2. The van der Waals surface area contributed by atoms with Crippen LogP contribution in [0.1, 0.15) is 37.7 Å². The highest BCUT2D eigenvalue weighted by Crippen LogP contribution is 2.11. The van der Waals surface area contributed by atoms with Crippen molar-refractivity contribution in [3.63, 3.8) is 0 Å². The van der Waals surface area contributed by atoms with Crippen molar-refractivity contribution in [2.24, 2.45) is 0 Å². The Balaban J connectivity index is 1.76. The lowest BCUT2D eigenvalue weighted by Gasteiger charge is -2.24. The van der Waals surface area contributed by atoms with E-state index in [2.05, 4.69) is 10.3 Å². The van der Waals surface area contributed by atoms with Crippen molar-refractivity contribution in [1.82, 2.24) is 20.1 Å². The quantitative estimate of drug-likeness (QED) is 0.682. The van der Waals surface area contributed by atoms with Gasteiger partial charge >= 0.3 is 6.03 Å². The average molecular weight is 362 g/mol. The fraction of sp³-hybridized carbons (Fsp3) is 0.632. The Kier molecular flexibility index (Phi) is 8.89. The van der Waals surface area contributed by atoms with Gasteiger partial charge in [-0.25, -0.2) is 4.79 Å². The van der Waals surface area contributed by atoms with Gasteiger partial charge in [0.25, 0.3) is 0 Å². The highest BCUT2D eigenvalue weighted by molar-refractivity contribution is 5.76. The molecule has 0 bridgehead atoms. The second-order valence-corrected chi connectivity index (χ2v) is 6.55. The lowest BCUT2D eigenvalue weighted by atomic mass is 10.2. The van der Waals surface area contributed by atoms with E-state index in [1.54, 1.807) is 24.4 Å². The molecule has 1 aromatic rings. The summed E-state index contributed by atoms with van der Waals surface area (Å²) < 4.78 is 5.11. The molecule has 1 aliphatic rings. The van der Waals surface area contributed by atoms with Gasteiger partial charge in [0, 0.05) is 58.6 Å². The fourth-order valence-corrected chi connectivity index (χ4v) is 3.02. The maximum Gasteiger partial charge on any atom is 0.317 e. The number of pyridine rings is 1. The Morgan fingerprint density at radius 1 is 1.38 bits per heavy atom. The van der Waals surface area contributed by atoms with Gasteiger partial charge in [-0.05, 0) is 30.9 Å². The minimum atomic E-state index is -0.118. The first-order chi connectivity index (χ1) is 12.7. The molecule has 2 rings (SSSR count). The summed E-state index contributed by atoms with van der Waals surface area (Å²) in [5.41, 5.74) is 0.980. The Hall–Kier alpha value is -2.15. The van der Waals surface area contributed by atoms with Crippen LogP contribution in [-0.2, 0) is 16.1 Å². The number of carbonyl (C=O) groups excluding carboxylic acids is 2. The third-order valence-electron chi connectivity index (χ3n) is 4.50. The van der Waals surface area contributed by atoms with Crippen molar-refractivity contribution < 1.29 is 14.3 Å². The van der Waals surface area contributed by atoms with Gasteiger partial charge in [-0.1, -0.05) is 12.5 Å². The minimum Gasteiger partial charge on any atom is -0.383 e. The van der Waals surface area contributed by atoms with Crippen LogP contribution in [0.15, 0.2) is 24.5 Å². The predicted molar refractivity (Wildman–Crippen MR) is 99.6 cm³/mol. The van der Waals surface area contributed by atoms with Crippen LogP contribution in [0.2, 0.25) is 0 Å². The van der Waals surface area contributed by atoms with Crippen molar-refractivity contribution in [3.8, 4) is 0 Å². The van der Waals surface area contributed by atoms with E-state index < -0.39 is 0 Å². The molecule has 0 unspecified atom stereocenters. The summed E-state index contributed by atoms with van der Waals surface area (Å²) in [6.07, 6.45) is 8.10. The summed E-state index contributed by atoms with van der Waals surface area (Å²) in [7, 11) is 1.62. The van der Waals surface area contributed by atoms with Gasteiger partial charge in [-0.15, -0.1) is 0 Å². The molecule has 0 saturated carbocycles. The smallest absolute Gasteiger partial charge is 0.317 e. The number of amides is 3. The highest BCUT2D eigenvalue weighted by atomic mass is 16.5. The Morgan fingerprint density at radius 2 is 2.27 bits per heavy atom. The third-order valence-corrected chi connectivity index (χ3v) is 4.50. The number of ether oxygens (including phenoxy) is 1. The Bertz CT molecular complexity index is 553. The van der Waals surface area contributed by atoms with E-state index in [0.29, 0.717) is 39.2 Å². The first-order valence-electron chi connectivity index (χ1n) is 9.39. The molecule has 2 heterocycles. The number of nitrogens with zero attached hydrogens (tertiary/aromatic N) is 3. The lowest BCUT2D eigenvalue weighted by Crippen LogP contribution is -2.42. The molecule has 1 aliphatic heterocycles. The maximum atomic E-state index is 12.5. The van der Waals surface area contributed by atoms with E-state index >= 15 is 0 Å². The van der Waals surface area contributed by atoms with E-state index in [-0.39, 0.29) is 11.9 Å². The minimum absolute atomic E-state index is 0.118. The van der Waals surface area contributed by atoms with Crippen LogP contribution < -0.4 is 5.32 Å². The maximum absolute atomic E-state index is 12.5. The number of methoxy groups -OCH3 is 1. The summed E-state index contributed by atoms with van der Waals surface area (Å²) in [6, 6.07) is 3.69. The topological polar surface area (TPSA) is 74.8 Å². The zero-order chi connectivity index (χ0) is 18.6. The van der Waals surface area contributed by atoms with Crippen molar-refractivity contribution in [2.45, 2.75) is 38.6 Å². The molecule has 0 aromatic carbocycles. The normalized spacial score (nSPS) is 14.8. The molecule has 1 saturated heterocycles. The standard InChI is InChI=1S/C19H30N4O3/c1-26-14-13-23(16-17-7-5-9-20-15-17)19(25)21-10-6-12-22-11-4-2-3-8-18(22)24/h5,7,9,15H,2-4,6,8,10-14,16H2,1H3,(H,21,25). The molecule has 3 amide bonds. The predicted octanol–water partition coefficient (Wildman–Crippen LogP) is 2.03. The van der Waals surface area contributed by atoms with Crippen LogP contribution in [0.25, 0.3) is 0 Å². The van der Waals surface area contributed by atoms with Crippen LogP contribution in [0.3, 0.4) is 0 Å². The summed E-state index contributed by atoms with van der Waals surface area (Å²) in [5, 5.41) is 2.96. The number of hydrogen-bond donors (Lipinski definition) is 1. The van der Waals surface area contributed by atoms with Crippen molar-refractivity contribution >= 4 is 11.9 Å². The van der Waals surface area contributed by atoms with E-state index in [1.165, 1.54) is 0 Å². The zero-order valence-corrected chi connectivity index (χ0v) is 15.7. The van der Waals surface area contributed by atoms with E-state index in [0.717, 1.165) is 37.8 Å². The number of likely N-dealkylation sites (tertiary alicyclic amines) is 1. The van der Waals surface area contributed by atoms with Crippen LogP contribution in [0.4, 0.5) is 4.79 Å². The molecular formula is C19H30N4O3. The zero-order valence-electron chi connectivity index (χ0n) is 15.7.